The van der Waals surface area contributed by atoms with E-state index < -0.39 is 41.9 Å². The minimum atomic E-state index is -1.04. The maximum atomic E-state index is 13.8. The monoisotopic (exact) mass is 775 g/mol. The Hall–Kier alpha value is -2.28. The predicted molar refractivity (Wildman–Crippen MR) is 144 cm³/mol. The molecular formula is C29H34AcN5O6-. The van der Waals surface area contributed by atoms with Crippen LogP contribution in [0.4, 0.5) is 0 Å². The SMILES string of the molecule is COC1=C(C)C(=O)C2=C(C1=O)[C@H](CNC(=O)[C@H](C)[NH-])N1C(C2)[C@H]2c3c(cc(C)c(OC)c3O)C[C@@H]([C@@H]1C#N)N2C.[Ac]. The fourth-order valence-electron chi connectivity index (χ4n) is 7.16. The van der Waals surface area contributed by atoms with E-state index in [1.54, 1.807) is 6.92 Å². The second-order valence-electron chi connectivity index (χ2n) is 11.0. The van der Waals surface area contributed by atoms with Gasteiger partial charge >= 0.3 is 0 Å². The molecule has 0 spiro atoms. The summed E-state index contributed by atoms with van der Waals surface area (Å²) in [5.74, 6) is -0.915. The molecule has 1 saturated heterocycles. The average Bonchev–Trinajstić information content (AvgIpc) is 2.91. The van der Waals surface area contributed by atoms with Crippen molar-refractivity contribution in [2.24, 2.45) is 0 Å². The van der Waals surface area contributed by atoms with Crippen molar-refractivity contribution in [3.8, 4) is 17.6 Å². The summed E-state index contributed by atoms with van der Waals surface area (Å²) in [6.07, 6.45) is 0.647. The van der Waals surface area contributed by atoms with Crippen LogP contribution >= 0.6 is 0 Å². The Balaban J connectivity index is 0.00000387. The number of carbonyl (C=O) groups is 3. The first-order valence-corrected chi connectivity index (χ1v) is 13.3. The number of ether oxygens (including phenoxy) is 2. The van der Waals surface area contributed by atoms with E-state index in [1.807, 2.05) is 24.9 Å². The molecule has 2 bridgehead atoms. The summed E-state index contributed by atoms with van der Waals surface area (Å²) in [5, 5.41) is 24.7. The van der Waals surface area contributed by atoms with Crippen LogP contribution in [0.3, 0.4) is 0 Å². The number of ketones is 2. The van der Waals surface area contributed by atoms with Crippen molar-refractivity contribution in [1.29, 1.82) is 5.26 Å². The van der Waals surface area contributed by atoms with Crippen molar-refractivity contribution in [3.63, 3.8) is 0 Å². The molecule has 3 N–H and O–H groups in total. The van der Waals surface area contributed by atoms with Gasteiger partial charge in [-0.1, -0.05) is 19.0 Å². The third kappa shape index (κ3) is 4.74. The number of carbonyl (C=O) groups excluding carboxylic acids is 3. The number of nitrogens with one attached hydrogen (secondary N) is 2. The molecule has 12 heteroatoms. The van der Waals surface area contributed by atoms with Gasteiger partial charge in [-0.05, 0) is 44.9 Å². The first kappa shape index (κ1) is 31.7. The van der Waals surface area contributed by atoms with Gasteiger partial charge in [-0.25, -0.2) is 0 Å². The average molecular weight is 776 g/mol. The number of benzene rings is 1. The molecule has 1 amide bonds. The number of piperazine rings is 1. The largest absolute Gasteiger partial charge is 0.667 e. The van der Waals surface area contributed by atoms with Gasteiger partial charge in [0.1, 0.15) is 6.04 Å². The number of allylic oxidation sites excluding steroid dienone is 2. The molecule has 215 valence electrons. The molecule has 0 saturated carbocycles. The number of aryl methyl sites for hydroxylation is 1. The number of amides is 1. The molecule has 1 radical (unpaired) electrons. The Morgan fingerprint density at radius 1 is 1.22 bits per heavy atom. The van der Waals surface area contributed by atoms with Gasteiger partial charge in [0.2, 0.25) is 11.7 Å². The quantitative estimate of drug-likeness (QED) is 0.427. The number of hydrogen-bond acceptors (Lipinski definition) is 9. The first-order chi connectivity index (χ1) is 19.0. The van der Waals surface area contributed by atoms with E-state index >= 15 is 0 Å². The van der Waals surface area contributed by atoms with E-state index in [1.165, 1.54) is 21.1 Å². The molecule has 6 atom stereocenters. The molecule has 41 heavy (non-hydrogen) atoms. The van der Waals surface area contributed by atoms with Gasteiger partial charge in [-0.15, -0.1) is 0 Å². The van der Waals surface area contributed by atoms with Gasteiger partial charge in [0.15, 0.2) is 23.0 Å². The van der Waals surface area contributed by atoms with Crippen LogP contribution in [-0.2, 0) is 25.5 Å². The summed E-state index contributed by atoms with van der Waals surface area (Å²) < 4.78 is 10.9. The Kier molecular flexibility index (Phi) is 9.09. The minimum Gasteiger partial charge on any atom is -0.667 e. The van der Waals surface area contributed by atoms with Crippen LogP contribution in [0.1, 0.15) is 43.0 Å². The molecule has 4 aliphatic rings. The zero-order valence-electron chi connectivity index (χ0n) is 24.1. The second-order valence-corrected chi connectivity index (χ2v) is 11.0. The summed E-state index contributed by atoms with van der Waals surface area (Å²) in [6, 6.07) is 0.714. The molecule has 0 aromatic heterocycles. The van der Waals surface area contributed by atoms with Gasteiger partial charge < -0.3 is 25.6 Å². The number of fused-ring (bicyclic) bond motifs is 6. The van der Waals surface area contributed by atoms with Crippen LogP contribution < -0.4 is 10.1 Å². The number of likely N-dealkylation sites (N-methyl/N-ethyl adjacent to an activating group) is 1. The molecule has 3 heterocycles. The Morgan fingerprint density at radius 2 is 1.90 bits per heavy atom. The van der Waals surface area contributed by atoms with Crippen LogP contribution in [0.5, 0.6) is 11.5 Å². The number of hydrogen-bond donors (Lipinski definition) is 2. The van der Waals surface area contributed by atoms with Crippen LogP contribution in [0, 0.1) is 62.3 Å². The summed E-state index contributed by atoms with van der Waals surface area (Å²) in [6.45, 7) is 4.80. The molecule has 1 fully saturated rings. The van der Waals surface area contributed by atoms with Crippen LogP contribution in [0.15, 0.2) is 28.5 Å². The van der Waals surface area contributed by atoms with E-state index in [9.17, 15) is 24.8 Å². The maximum absolute atomic E-state index is 13.8. The molecule has 3 aliphatic heterocycles. The van der Waals surface area contributed by atoms with Gasteiger partial charge in [0, 0.05) is 85.0 Å². The molecule has 1 unspecified atom stereocenters. The summed E-state index contributed by atoms with van der Waals surface area (Å²) in [4.78, 5) is 44.0. The van der Waals surface area contributed by atoms with Gasteiger partial charge in [0.25, 0.3) is 0 Å². The smallest absolute Gasteiger partial charge is 0.226 e. The van der Waals surface area contributed by atoms with E-state index in [2.05, 4.69) is 16.3 Å². The van der Waals surface area contributed by atoms with Gasteiger partial charge in [0.05, 0.1) is 32.4 Å². The molecule has 11 nitrogen and oxygen atoms in total. The zero-order chi connectivity index (χ0) is 29.2. The first-order valence-electron chi connectivity index (χ1n) is 13.3. The number of Topliss-reactive ketones (excluding diaryl/α,β-unsaturated/α-hetero) is 2. The molecule has 1 aromatic rings. The number of nitriles is 1. The second kappa shape index (κ2) is 11.8. The number of phenols is 1. The summed E-state index contributed by atoms with van der Waals surface area (Å²) in [5.41, 5.74) is 10.9. The van der Waals surface area contributed by atoms with E-state index in [-0.39, 0.29) is 91.5 Å². The standard InChI is InChI=1S/C29H34N5O6.Ac/c1-12-7-15-8-17-19(10-30)34-18(23(33(17)4)21(15)25(36)27(12)39-5)9-16-22(20(34)11-32-29(38)14(3)31)26(37)28(40-6)13(2)24(16)35;/h7,14,17-20,23,31,36H,8-9,11H2,1-6H3,(H,32,38);/q-1;/t14-,17-,18?,19-,20-,23-;/m0./s1. The normalized spacial score (nSPS) is 28.1. The van der Waals surface area contributed by atoms with Crippen molar-refractivity contribution in [2.75, 3.05) is 27.8 Å². The molecule has 1 aliphatic carbocycles. The van der Waals surface area contributed by atoms with Crippen molar-refractivity contribution < 1.29 is 73.0 Å². The van der Waals surface area contributed by atoms with Crippen molar-refractivity contribution in [3.05, 3.63) is 51.0 Å². The van der Waals surface area contributed by atoms with E-state index in [0.29, 0.717) is 23.3 Å². The number of methoxy groups -OCH3 is 2. The number of aromatic hydroxyl groups is 1. The van der Waals surface area contributed by atoms with Crippen molar-refractivity contribution in [1.82, 2.24) is 15.1 Å². The van der Waals surface area contributed by atoms with Crippen molar-refractivity contribution in [2.45, 2.75) is 69.9 Å². The fourth-order valence-corrected chi connectivity index (χ4v) is 7.16. The summed E-state index contributed by atoms with van der Waals surface area (Å²) in [7, 11) is 4.75. The van der Waals surface area contributed by atoms with E-state index in [0.717, 1.165) is 11.1 Å². The number of rotatable bonds is 5. The molecular weight excluding hydrogens is 741 g/mol. The maximum Gasteiger partial charge on any atom is 0.226 e. The third-order valence-corrected chi connectivity index (χ3v) is 8.93. The van der Waals surface area contributed by atoms with Crippen LogP contribution in [0.2, 0.25) is 0 Å². The molecule has 5 rings (SSSR count). The Morgan fingerprint density at radius 3 is 2.49 bits per heavy atom. The number of nitrogens with zero attached hydrogens (tertiary/aromatic N) is 3. The van der Waals surface area contributed by atoms with E-state index in [4.69, 9.17) is 15.2 Å². The third-order valence-electron chi connectivity index (χ3n) is 8.93. The Labute approximate surface area is 275 Å². The van der Waals surface area contributed by atoms with Crippen LogP contribution in [0.25, 0.3) is 5.73 Å². The molecule has 1 aromatic carbocycles. The van der Waals surface area contributed by atoms with Crippen molar-refractivity contribution >= 4 is 17.5 Å². The summed E-state index contributed by atoms with van der Waals surface area (Å²) >= 11 is 0. The zero-order valence-corrected chi connectivity index (χ0v) is 28.8. The number of phenolic OH excluding ortho intramolecular Hbond substituents is 1. The fraction of sp³-hybridized carbons (Fsp3) is 0.517. The Bertz CT molecular complexity index is 1430. The predicted octanol–water partition coefficient (Wildman–Crippen LogP) is 1.88. The topological polar surface area (TPSA) is 156 Å². The van der Waals surface area contributed by atoms with Crippen LogP contribution in [-0.4, -0.2) is 90.4 Å². The van der Waals surface area contributed by atoms with Gasteiger partial charge in [-0.2, -0.15) is 5.26 Å². The van der Waals surface area contributed by atoms with Gasteiger partial charge in [-0.3, -0.25) is 24.2 Å². The minimum absolute atomic E-state index is 0.